The van der Waals surface area contributed by atoms with Crippen molar-refractivity contribution >= 4 is 5.91 Å². The molecule has 2 heteroatoms. The van der Waals surface area contributed by atoms with Crippen LogP contribution in [-0.4, -0.2) is 5.91 Å². The van der Waals surface area contributed by atoms with Crippen LogP contribution in [0.3, 0.4) is 0 Å². The molecule has 0 spiro atoms. The first-order valence-corrected chi connectivity index (χ1v) is 7.54. The van der Waals surface area contributed by atoms with Gasteiger partial charge < -0.3 is 5.32 Å². The van der Waals surface area contributed by atoms with Crippen LogP contribution in [-0.2, 0) is 17.6 Å². The molecular weight excluding hydrogens is 234 g/mol. The standard InChI is InChI=1S/C17H25NO/c1-4-16(18-17(19)12(2)3)15-10-9-13-7-5-6-8-14(13)11-15/h9-12,16H,4-8H2,1-3H3,(H,18,19)/t16-/m0/s1. The highest BCUT2D eigenvalue weighted by Gasteiger charge is 2.17. The van der Waals surface area contributed by atoms with Crippen molar-refractivity contribution in [2.24, 2.45) is 5.92 Å². The van der Waals surface area contributed by atoms with E-state index in [-0.39, 0.29) is 17.9 Å². The first-order valence-electron chi connectivity index (χ1n) is 7.54. The van der Waals surface area contributed by atoms with Gasteiger partial charge in [0.15, 0.2) is 0 Å². The molecule has 0 bridgehead atoms. The molecule has 0 fully saturated rings. The molecule has 1 N–H and O–H groups in total. The summed E-state index contributed by atoms with van der Waals surface area (Å²) in [5.41, 5.74) is 4.25. The van der Waals surface area contributed by atoms with Gasteiger partial charge in [0.25, 0.3) is 0 Å². The third-order valence-corrected chi connectivity index (χ3v) is 4.02. The lowest BCUT2D eigenvalue weighted by atomic mass is 9.88. The fourth-order valence-electron chi connectivity index (χ4n) is 2.73. The van der Waals surface area contributed by atoms with Gasteiger partial charge in [-0.25, -0.2) is 0 Å². The number of carbonyl (C=O) groups excluding carboxylic acids is 1. The summed E-state index contributed by atoms with van der Waals surface area (Å²) >= 11 is 0. The number of fused-ring (bicyclic) bond motifs is 1. The molecule has 19 heavy (non-hydrogen) atoms. The lowest BCUT2D eigenvalue weighted by Crippen LogP contribution is -2.31. The van der Waals surface area contributed by atoms with Crippen LogP contribution in [0, 0.1) is 5.92 Å². The molecule has 2 nitrogen and oxygen atoms in total. The van der Waals surface area contributed by atoms with Crippen molar-refractivity contribution in [2.75, 3.05) is 0 Å². The van der Waals surface area contributed by atoms with Crippen LogP contribution in [0.4, 0.5) is 0 Å². The largest absolute Gasteiger partial charge is 0.349 e. The number of carbonyl (C=O) groups is 1. The van der Waals surface area contributed by atoms with Gasteiger partial charge in [0.1, 0.15) is 0 Å². The molecule has 1 aromatic carbocycles. The normalized spacial score (nSPS) is 16.0. The highest BCUT2D eigenvalue weighted by molar-refractivity contribution is 5.78. The minimum Gasteiger partial charge on any atom is -0.349 e. The van der Waals surface area contributed by atoms with Gasteiger partial charge in [0.2, 0.25) is 5.91 Å². The zero-order valence-electron chi connectivity index (χ0n) is 12.3. The van der Waals surface area contributed by atoms with Gasteiger partial charge in [-0.05, 0) is 48.8 Å². The predicted molar refractivity (Wildman–Crippen MR) is 79.1 cm³/mol. The number of benzene rings is 1. The molecule has 1 atom stereocenters. The van der Waals surface area contributed by atoms with Crippen molar-refractivity contribution in [1.29, 1.82) is 0 Å². The quantitative estimate of drug-likeness (QED) is 0.875. The van der Waals surface area contributed by atoms with E-state index in [9.17, 15) is 4.79 Å². The third kappa shape index (κ3) is 3.37. The van der Waals surface area contributed by atoms with Crippen LogP contribution in [0.15, 0.2) is 18.2 Å². The summed E-state index contributed by atoms with van der Waals surface area (Å²) in [5.74, 6) is 0.191. The Bertz CT molecular complexity index is 451. The van der Waals surface area contributed by atoms with E-state index in [1.807, 2.05) is 13.8 Å². The topological polar surface area (TPSA) is 29.1 Å². The minimum atomic E-state index is 0.0478. The second kappa shape index (κ2) is 6.23. The number of rotatable bonds is 4. The molecule has 0 saturated heterocycles. The summed E-state index contributed by atoms with van der Waals surface area (Å²) in [6.45, 7) is 6.01. The van der Waals surface area contributed by atoms with Crippen molar-refractivity contribution in [1.82, 2.24) is 5.32 Å². The van der Waals surface area contributed by atoms with Crippen LogP contribution < -0.4 is 5.32 Å². The molecule has 1 aliphatic rings. The minimum absolute atomic E-state index is 0.0478. The van der Waals surface area contributed by atoms with Gasteiger partial charge in [-0.1, -0.05) is 39.0 Å². The monoisotopic (exact) mass is 259 g/mol. The number of hydrogen-bond donors (Lipinski definition) is 1. The Balaban J connectivity index is 2.16. The van der Waals surface area contributed by atoms with Gasteiger partial charge >= 0.3 is 0 Å². The van der Waals surface area contributed by atoms with Crippen LogP contribution in [0.5, 0.6) is 0 Å². The Labute approximate surface area is 116 Å². The van der Waals surface area contributed by atoms with E-state index in [2.05, 4.69) is 30.4 Å². The maximum Gasteiger partial charge on any atom is 0.223 e. The predicted octanol–water partition coefficient (Wildman–Crippen LogP) is 3.79. The molecule has 1 aliphatic carbocycles. The van der Waals surface area contributed by atoms with Gasteiger partial charge in [-0.2, -0.15) is 0 Å². The van der Waals surface area contributed by atoms with Crippen LogP contribution >= 0.6 is 0 Å². The van der Waals surface area contributed by atoms with Gasteiger partial charge in [-0.15, -0.1) is 0 Å². The number of aryl methyl sites for hydroxylation is 2. The Morgan fingerprint density at radius 3 is 2.53 bits per heavy atom. The Morgan fingerprint density at radius 1 is 1.21 bits per heavy atom. The summed E-state index contributed by atoms with van der Waals surface area (Å²) < 4.78 is 0. The average molecular weight is 259 g/mol. The molecule has 1 aromatic rings. The van der Waals surface area contributed by atoms with Crippen LogP contribution in [0.1, 0.15) is 62.8 Å². The molecule has 2 rings (SSSR count). The van der Waals surface area contributed by atoms with E-state index >= 15 is 0 Å². The molecular formula is C17H25NO. The summed E-state index contributed by atoms with van der Waals surface area (Å²) in [6.07, 6.45) is 5.96. The SMILES string of the molecule is CC[C@H](NC(=O)C(C)C)c1ccc2c(c1)CCCC2. The van der Waals surface area contributed by atoms with Crippen molar-refractivity contribution < 1.29 is 4.79 Å². The van der Waals surface area contributed by atoms with Crippen molar-refractivity contribution in [3.63, 3.8) is 0 Å². The molecule has 0 radical (unpaired) electrons. The maximum absolute atomic E-state index is 11.9. The first kappa shape index (κ1) is 14.1. The highest BCUT2D eigenvalue weighted by Crippen LogP contribution is 2.26. The molecule has 1 amide bonds. The maximum atomic E-state index is 11.9. The highest BCUT2D eigenvalue weighted by atomic mass is 16.1. The summed E-state index contributed by atoms with van der Waals surface area (Å²) in [5, 5.41) is 3.15. The van der Waals surface area contributed by atoms with Crippen molar-refractivity contribution in [3.05, 3.63) is 34.9 Å². The van der Waals surface area contributed by atoms with E-state index in [1.54, 1.807) is 0 Å². The van der Waals surface area contributed by atoms with Crippen LogP contribution in [0.25, 0.3) is 0 Å². The van der Waals surface area contributed by atoms with Gasteiger partial charge in [0, 0.05) is 5.92 Å². The average Bonchev–Trinajstić information content (AvgIpc) is 2.43. The lowest BCUT2D eigenvalue weighted by Gasteiger charge is -2.22. The van der Waals surface area contributed by atoms with Gasteiger partial charge in [0.05, 0.1) is 6.04 Å². The summed E-state index contributed by atoms with van der Waals surface area (Å²) in [7, 11) is 0. The van der Waals surface area contributed by atoms with E-state index in [0.29, 0.717) is 0 Å². The first-order chi connectivity index (χ1) is 9.11. The molecule has 104 valence electrons. The second-order valence-corrected chi connectivity index (χ2v) is 5.86. The summed E-state index contributed by atoms with van der Waals surface area (Å²) in [4.78, 5) is 11.9. The molecule has 0 aliphatic heterocycles. The van der Waals surface area contributed by atoms with Crippen LogP contribution in [0.2, 0.25) is 0 Å². The van der Waals surface area contributed by atoms with Gasteiger partial charge in [-0.3, -0.25) is 4.79 Å². The Kier molecular flexibility index (Phi) is 4.62. The zero-order chi connectivity index (χ0) is 13.8. The number of amides is 1. The van der Waals surface area contributed by atoms with E-state index in [1.165, 1.54) is 42.4 Å². The van der Waals surface area contributed by atoms with E-state index in [4.69, 9.17) is 0 Å². The van der Waals surface area contributed by atoms with E-state index < -0.39 is 0 Å². The smallest absolute Gasteiger partial charge is 0.223 e. The number of hydrogen-bond acceptors (Lipinski definition) is 1. The fourth-order valence-corrected chi connectivity index (χ4v) is 2.73. The fraction of sp³-hybridized carbons (Fsp3) is 0.588. The van der Waals surface area contributed by atoms with Crippen molar-refractivity contribution in [2.45, 2.75) is 58.9 Å². The van der Waals surface area contributed by atoms with E-state index in [0.717, 1.165) is 6.42 Å². The lowest BCUT2D eigenvalue weighted by molar-refractivity contribution is -0.124. The third-order valence-electron chi connectivity index (χ3n) is 4.02. The summed E-state index contributed by atoms with van der Waals surface area (Å²) in [6, 6.07) is 6.91. The Hall–Kier alpha value is -1.31. The molecule has 0 saturated carbocycles. The molecule has 0 aromatic heterocycles. The Morgan fingerprint density at radius 2 is 1.89 bits per heavy atom. The zero-order valence-corrected chi connectivity index (χ0v) is 12.3. The molecule has 0 heterocycles. The van der Waals surface area contributed by atoms with Crippen molar-refractivity contribution in [3.8, 4) is 0 Å². The number of nitrogens with one attached hydrogen (secondary N) is 1. The second-order valence-electron chi connectivity index (χ2n) is 5.86. The molecule has 0 unspecified atom stereocenters.